The Hall–Kier alpha value is -2.17. The number of hydrogen-bond donors (Lipinski definition) is 0. The Balaban J connectivity index is 1.76. The Labute approximate surface area is 125 Å². The van der Waals surface area contributed by atoms with Crippen molar-refractivity contribution in [1.82, 2.24) is 15.0 Å². The average molecular weight is 283 g/mol. The fourth-order valence-corrected chi connectivity index (χ4v) is 2.91. The van der Waals surface area contributed by atoms with Crippen molar-refractivity contribution in [3.8, 4) is 0 Å². The van der Waals surface area contributed by atoms with Gasteiger partial charge in [-0.1, -0.05) is 0 Å². The number of hydrogen-bond acceptors (Lipinski definition) is 5. The van der Waals surface area contributed by atoms with Crippen molar-refractivity contribution in [2.45, 2.75) is 26.8 Å². The summed E-state index contributed by atoms with van der Waals surface area (Å²) < 4.78 is 0. The number of anilines is 2. The Morgan fingerprint density at radius 2 is 1.71 bits per heavy atom. The minimum Gasteiger partial charge on any atom is -0.365 e. The summed E-state index contributed by atoms with van der Waals surface area (Å²) in [6.07, 6.45) is 3.70. The van der Waals surface area contributed by atoms with E-state index in [2.05, 4.69) is 43.8 Å². The van der Waals surface area contributed by atoms with Crippen LogP contribution < -0.4 is 9.80 Å². The third-order valence-corrected chi connectivity index (χ3v) is 3.88. The molecule has 0 radical (unpaired) electrons. The Kier molecular flexibility index (Phi) is 3.73. The van der Waals surface area contributed by atoms with Gasteiger partial charge in [0.25, 0.3) is 0 Å². The van der Waals surface area contributed by atoms with Gasteiger partial charge in [0, 0.05) is 55.1 Å². The smallest absolute Gasteiger partial charge is 0.225 e. The van der Waals surface area contributed by atoms with Crippen LogP contribution in [0.5, 0.6) is 0 Å². The molecule has 5 heteroatoms. The molecule has 3 heterocycles. The summed E-state index contributed by atoms with van der Waals surface area (Å²) in [6.45, 7) is 9.14. The SMILES string of the molecule is Cc1cc(C)nc(N2CCN(c3ccncc3)C(C)C2)n1. The molecule has 1 saturated heterocycles. The summed E-state index contributed by atoms with van der Waals surface area (Å²) >= 11 is 0. The van der Waals surface area contributed by atoms with Gasteiger partial charge >= 0.3 is 0 Å². The van der Waals surface area contributed by atoms with Gasteiger partial charge in [0.05, 0.1) is 0 Å². The van der Waals surface area contributed by atoms with E-state index in [1.807, 2.05) is 32.3 Å². The van der Waals surface area contributed by atoms with E-state index in [-0.39, 0.29) is 0 Å². The van der Waals surface area contributed by atoms with Crippen molar-refractivity contribution in [2.75, 3.05) is 29.4 Å². The second kappa shape index (κ2) is 5.68. The van der Waals surface area contributed by atoms with E-state index in [1.54, 1.807) is 0 Å². The number of aryl methyl sites for hydroxylation is 2. The lowest BCUT2D eigenvalue weighted by Gasteiger charge is -2.41. The number of rotatable bonds is 2. The molecule has 110 valence electrons. The van der Waals surface area contributed by atoms with Crippen LogP contribution in [0.3, 0.4) is 0 Å². The third-order valence-electron chi connectivity index (χ3n) is 3.88. The molecular weight excluding hydrogens is 262 g/mol. The fraction of sp³-hybridized carbons (Fsp3) is 0.438. The van der Waals surface area contributed by atoms with Crippen LogP contribution in [0.15, 0.2) is 30.6 Å². The van der Waals surface area contributed by atoms with Crippen LogP contribution in [-0.2, 0) is 0 Å². The molecular formula is C16H21N5. The number of pyridine rings is 1. The maximum atomic E-state index is 4.58. The minimum atomic E-state index is 0.422. The largest absolute Gasteiger partial charge is 0.365 e. The lowest BCUT2D eigenvalue weighted by atomic mass is 10.1. The second-order valence-corrected chi connectivity index (χ2v) is 5.64. The van der Waals surface area contributed by atoms with Crippen LogP contribution in [0, 0.1) is 13.8 Å². The van der Waals surface area contributed by atoms with Crippen LogP contribution in [0.1, 0.15) is 18.3 Å². The average Bonchev–Trinajstić information content (AvgIpc) is 2.47. The van der Waals surface area contributed by atoms with Crippen LogP contribution in [0.4, 0.5) is 11.6 Å². The molecule has 5 nitrogen and oxygen atoms in total. The van der Waals surface area contributed by atoms with E-state index in [4.69, 9.17) is 0 Å². The molecule has 0 bridgehead atoms. The molecule has 1 atom stereocenters. The van der Waals surface area contributed by atoms with Crippen LogP contribution in [0.25, 0.3) is 0 Å². The molecule has 2 aromatic rings. The second-order valence-electron chi connectivity index (χ2n) is 5.64. The zero-order chi connectivity index (χ0) is 14.8. The summed E-state index contributed by atoms with van der Waals surface area (Å²) in [5.41, 5.74) is 3.29. The number of aromatic nitrogens is 3. The molecule has 0 aliphatic carbocycles. The molecule has 0 aromatic carbocycles. The van der Waals surface area contributed by atoms with Crippen LogP contribution in [0.2, 0.25) is 0 Å². The fourth-order valence-electron chi connectivity index (χ4n) is 2.91. The predicted octanol–water partition coefficient (Wildman–Crippen LogP) is 2.20. The Bertz CT molecular complexity index is 593. The highest BCUT2D eigenvalue weighted by Gasteiger charge is 2.25. The number of piperazine rings is 1. The van der Waals surface area contributed by atoms with Gasteiger partial charge in [-0.3, -0.25) is 4.98 Å². The van der Waals surface area contributed by atoms with Gasteiger partial charge < -0.3 is 9.80 Å². The van der Waals surface area contributed by atoms with Gasteiger partial charge in [0.2, 0.25) is 5.95 Å². The Morgan fingerprint density at radius 3 is 2.33 bits per heavy atom. The van der Waals surface area contributed by atoms with Crippen LogP contribution in [-0.4, -0.2) is 40.6 Å². The molecule has 1 aliphatic heterocycles. The first-order valence-corrected chi connectivity index (χ1v) is 7.37. The summed E-state index contributed by atoms with van der Waals surface area (Å²) in [4.78, 5) is 17.9. The maximum absolute atomic E-state index is 4.58. The van der Waals surface area contributed by atoms with Gasteiger partial charge in [-0.25, -0.2) is 9.97 Å². The van der Waals surface area contributed by atoms with E-state index in [9.17, 15) is 0 Å². The van der Waals surface area contributed by atoms with Crippen molar-refractivity contribution >= 4 is 11.6 Å². The van der Waals surface area contributed by atoms with E-state index in [0.29, 0.717) is 6.04 Å². The molecule has 1 unspecified atom stereocenters. The van der Waals surface area contributed by atoms with Crippen molar-refractivity contribution < 1.29 is 0 Å². The van der Waals surface area contributed by atoms with Gasteiger partial charge in [0.15, 0.2) is 0 Å². The highest BCUT2D eigenvalue weighted by atomic mass is 15.3. The highest BCUT2D eigenvalue weighted by Crippen LogP contribution is 2.21. The summed E-state index contributed by atoms with van der Waals surface area (Å²) in [5, 5.41) is 0. The summed E-state index contributed by atoms with van der Waals surface area (Å²) in [7, 11) is 0. The first-order valence-electron chi connectivity index (χ1n) is 7.37. The maximum Gasteiger partial charge on any atom is 0.225 e. The van der Waals surface area contributed by atoms with Gasteiger partial charge in [-0.2, -0.15) is 0 Å². The summed E-state index contributed by atoms with van der Waals surface area (Å²) in [5.74, 6) is 0.855. The van der Waals surface area contributed by atoms with Gasteiger partial charge in [0.1, 0.15) is 0 Å². The van der Waals surface area contributed by atoms with Crippen molar-refractivity contribution in [1.29, 1.82) is 0 Å². The molecule has 0 spiro atoms. The zero-order valence-corrected chi connectivity index (χ0v) is 12.8. The molecule has 1 fully saturated rings. The van der Waals surface area contributed by atoms with Crippen molar-refractivity contribution in [2.24, 2.45) is 0 Å². The Morgan fingerprint density at radius 1 is 1.05 bits per heavy atom. The molecule has 1 aliphatic rings. The molecule has 0 saturated carbocycles. The monoisotopic (exact) mass is 283 g/mol. The predicted molar refractivity (Wildman–Crippen MR) is 84.8 cm³/mol. The highest BCUT2D eigenvalue weighted by molar-refractivity contribution is 5.48. The van der Waals surface area contributed by atoms with E-state index in [1.165, 1.54) is 5.69 Å². The molecule has 21 heavy (non-hydrogen) atoms. The minimum absolute atomic E-state index is 0.422. The molecule has 2 aromatic heterocycles. The van der Waals surface area contributed by atoms with Crippen LogP contribution >= 0.6 is 0 Å². The first-order chi connectivity index (χ1) is 10.1. The van der Waals surface area contributed by atoms with E-state index < -0.39 is 0 Å². The third kappa shape index (κ3) is 2.96. The van der Waals surface area contributed by atoms with Gasteiger partial charge in [-0.05, 0) is 39.0 Å². The molecule has 0 amide bonds. The molecule has 0 N–H and O–H groups in total. The standard InChI is InChI=1S/C16H21N5/c1-12-10-13(2)19-16(18-12)20-8-9-21(14(3)11-20)15-4-6-17-7-5-15/h4-7,10,14H,8-9,11H2,1-3H3. The quantitative estimate of drug-likeness (QED) is 0.845. The van der Waals surface area contributed by atoms with E-state index >= 15 is 0 Å². The summed E-state index contributed by atoms with van der Waals surface area (Å²) in [6, 6.07) is 6.57. The first kappa shape index (κ1) is 13.8. The normalized spacial score (nSPS) is 18.9. The lowest BCUT2D eigenvalue weighted by Crippen LogP contribution is -2.52. The topological polar surface area (TPSA) is 45.2 Å². The lowest BCUT2D eigenvalue weighted by molar-refractivity contribution is 0.542. The van der Waals surface area contributed by atoms with Crippen molar-refractivity contribution in [3.05, 3.63) is 42.0 Å². The van der Waals surface area contributed by atoms with E-state index in [0.717, 1.165) is 37.0 Å². The van der Waals surface area contributed by atoms with Gasteiger partial charge in [-0.15, -0.1) is 0 Å². The zero-order valence-electron chi connectivity index (χ0n) is 12.8. The number of nitrogens with zero attached hydrogens (tertiary/aromatic N) is 5. The molecule has 3 rings (SSSR count). The van der Waals surface area contributed by atoms with Crippen molar-refractivity contribution in [3.63, 3.8) is 0 Å².